The number of ether oxygens (including phenoxy) is 1. The molecule has 2 aromatic carbocycles. The Morgan fingerprint density at radius 2 is 1.83 bits per heavy atom. The normalized spacial score (nSPS) is 20.0. The molecule has 9 heteroatoms. The second-order valence-corrected chi connectivity index (χ2v) is 10.1. The van der Waals surface area contributed by atoms with Crippen molar-refractivity contribution in [3.8, 4) is 5.75 Å². The van der Waals surface area contributed by atoms with Crippen LogP contribution in [0.4, 0.5) is 10.1 Å². The van der Waals surface area contributed by atoms with Crippen molar-refractivity contribution in [3.63, 3.8) is 0 Å². The van der Waals surface area contributed by atoms with Crippen LogP contribution in [-0.4, -0.2) is 38.8 Å². The number of anilines is 1. The smallest absolute Gasteiger partial charge is 0.258 e. The van der Waals surface area contributed by atoms with Gasteiger partial charge in [-0.25, -0.2) is 12.8 Å². The Bertz CT molecular complexity index is 1050. The third-order valence-corrected chi connectivity index (χ3v) is 7.13. The van der Waals surface area contributed by atoms with Gasteiger partial charge >= 0.3 is 0 Å². The number of nitrogens with one attached hydrogen (secondary N) is 1. The Morgan fingerprint density at radius 1 is 1.17 bits per heavy atom. The third kappa shape index (κ3) is 4.77. The van der Waals surface area contributed by atoms with Crippen LogP contribution in [0.2, 0.25) is 5.02 Å². The fourth-order valence-corrected chi connectivity index (χ4v) is 5.64. The predicted octanol–water partition coefficient (Wildman–Crippen LogP) is 4.41. The average molecular weight is 455 g/mol. The molecule has 1 amide bonds. The average Bonchev–Trinajstić information content (AvgIpc) is 2.67. The molecular formula is C21H24ClFN2O4S. The van der Waals surface area contributed by atoms with Crippen LogP contribution in [0.3, 0.4) is 0 Å². The molecule has 0 spiro atoms. The Balaban J connectivity index is 1.92. The molecule has 2 aromatic rings. The minimum absolute atomic E-state index is 0.117. The fraction of sp³-hybridized carbons (Fsp3) is 0.381. The van der Waals surface area contributed by atoms with Crippen molar-refractivity contribution in [2.45, 2.75) is 25.2 Å². The van der Waals surface area contributed by atoms with Crippen molar-refractivity contribution < 1.29 is 22.3 Å². The van der Waals surface area contributed by atoms with Gasteiger partial charge in [0.05, 0.1) is 23.3 Å². The predicted molar refractivity (Wildman–Crippen MR) is 114 cm³/mol. The van der Waals surface area contributed by atoms with E-state index in [0.717, 1.165) is 18.6 Å². The van der Waals surface area contributed by atoms with Crippen LogP contribution in [0.5, 0.6) is 5.75 Å². The quantitative estimate of drug-likeness (QED) is 0.726. The summed E-state index contributed by atoms with van der Waals surface area (Å²) < 4.78 is 47.2. The number of hydrogen-bond acceptors (Lipinski definition) is 4. The van der Waals surface area contributed by atoms with Crippen molar-refractivity contribution in [2.24, 2.45) is 11.8 Å². The monoisotopic (exact) mass is 454 g/mol. The topological polar surface area (TPSA) is 75.7 Å². The largest absolute Gasteiger partial charge is 0.495 e. The first-order chi connectivity index (χ1) is 14.1. The number of rotatable bonds is 5. The van der Waals surface area contributed by atoms with Gasteiger partial charge in [0.15, 0.2) is 0 Å². The molecular weight excluding hydrogens is 431 g/mol. The lowest BCUT2D eigenvalue weighted by atomic mass is 9.94. The summed E-state index contributed by atoms with van der Waals surface area (Å²) in [4.78, 5) is 12.6. The summed E-state index contributed by atoms with van der Waals surface area (Å²) in [5, 5.41) is 2.89. The highest BCUT2D eigenvalue weighted by molar-refractivity contribution is 7.89. The first kappa shape index (κ1) is 22.5. The van der Waals surface area contributed by atoms with E-state index in [1.807, 2.05) is 13.8 Å². The molecule has 2 atom stereocenters. The van der Waals surface area contributed by atoms with Gasteiger partial charge in [-0.2, -0.15) is 4.31 Å². The van der Waals surface area contributed by atoms with Gasteiger partial charge in [-0.3, -0.25) is 4.79 Å². The summed E-state index contributed by atoms with van der Waals surface area (Å²) in [6.07, 6.45) is 0.949. The van der Waals surface area contributed by atoms with Crippen molar-refractivity contribution in [1.82, 2.24) is 4.31 Å². The molecule has 0 aromatic heterocycles. The Kier molecular flexibility index (Phi) is 6.69. The number of carbonyl (C=O) groups is 1. The lowest BCUT2D eigenvalue weighted by Gasteiger charge is -2.34. The van der Waals surface area contributed by atoms with Crippen LogP contribution in [-0.2, 0) is 10.0 Å². The third-order valence-electron chi connectivity index (χ3n) is 5.07. The summed E-state index contributed by atoms with van der Waals surface area (Å²) in [6, 6.07) is 7.87. The molecule has 0 aliphatic carbocycles. The molecule has 6 nitrogen and oxygen atoms in total. The van der Waals surface area contributed by atoms with Gasteiger partial charge < -0.3 is 10.1 Å². The maximum absolute atomic E-state index is 14.4. The SMILES string of the molecule is COc1ccc(Cl)cc1NC(=O)c1cc(S(=O)(=O)N2CC(C)CC(C)C2)ccc1F. The Labute approximate surface area is 181 Å². The van der Waals surface area contributed by atoms with Crippen LogP contribution in [0, 0.1) is 17.7 Å². The van der Waals surface area contributed by atoms with E-state index in [2.05, 4.69) is 5.32 Å². The standard InChI is InChI=1S/C21H24ClFN2O4S/c1-13-8-14(2)12-25(11-13)30(27,28)16-5-6-18(23)17(10-16)21(26)24-19-9-15(22)4-7-20(19)29-3/h4-7,9-10,13-14H,8,11-12H2,1-3H3,(H,24,26). The molecule has 2 unspecified atom stereocenters. The molecule has 1 saturated heterocycles. The number of benzene rings is 2. The fourth-order valence-electron chi connectivity index (χ4n) is 3.76. The minimum Gasteiger partial charge on any atom is -0.495 e. The maximum Gasteiger partial charge on any atom is 0.258 e. The summed E-state index contributed by atoms with van der Waals surface area (Å²) in [5.74, 6) is -0.837. The zero-order valence-electron chi connectivity index (χ0n) is 17.0. The summed E-state index contributed by atoms with van der Waals surface area (Å²) in [7, 11) is -2.43. The van der Waals surface area contributed by atoms with Gasteiger partial charge in [0.1, 0.15) is 11.6 Å². The molecule has 3 rings (SSSR count). The van der Waals surface area contributed by atoms with Crippen molar-refractivity contribution in [1.29, 1.82) is 0 Å². The first-order valence-corrected chi connectivity index (χ1v) is 11.4. The molecule has 0 radical (unpaired) electrons. The van der Waals surface area contributed by atoms with E-state index in [4.69, 9.17) is 16.3 Å². The van der Waals surface area contributed by atoms with Gasteiger partial charge in [0.25, 0.3) is 5.91 Å². The second-order valence-electron chi connectivity index (χ2n) is 7.71. The second kappa shape index (κ2) is 8.91. The Hall–Kier alpha value is -2.16. The van der Waals surface area contributed by atoms with E-state index in [-0.39, 0.29) is 28.0 Å². The number of hydrogen-bond donors (Lipinski definition) is 1. The number of piperidine rings is 1. The van der Waals surface area contributed by atoms with Crippen molar-refractivity contribution >= 4 is 33.2 Å². The molecule has 1 N–H and O–H groups in total. The zero-order chi connectivity index (χ0) is 22.1. The first-order valence-electron chi connectivity index (χ1n) is 9.56. The van der Waals surface area contributed by atoms with E-state index in [9.17, 15) is 17.6 Å². The summed E-state index contributed by atoms with van der Waals surface area (Å²) >= 11 is 5.96. The molecule has 30 heavy (non-hydrogen) atoms. The molecule has 1 fully saturated rings. The van der Waals surface area contributed by atoms with Gasteiger partial charge in [-0.05, 0) is 54.7 Å². The van der Waals surface area contributed by atoms with Crippen LogP contribution >= 0.6 is 11.6 Å². The van der Waals surface area contributed by atoms with Crippen LogP contribution in [0.25, 0.3) is 0 Å². The Morgan fingerprint density at radius 3 is 2.47 bits per heavy atom. The number of nitrogens with zero attached hydrogens (tertiary/aromatic N) is 1. The van der Waals surface area contributed by atoms with Gasteiger partial charge in [0, 0.05) is 18.1 Å². The van der Waals surface area contributed by atoms with E-state index < -0.39 is 21.7 Å². The molecule has 1 aliphatic heterocycles. The van der Waals surface area contributed by atoms with Gasteiger partial charge in [-0.1, -0.05) is 25.4 Å². The van der Waals surface area contributed by atoms with Gasteiger partial charge in [-0.15, -0.1) is 0 Å². The van der Waals surface area contributed by atoms with Crippen molar-refractivity contribution in [3.05, 3.63) is 52.8 Å². The van der Waals surface area contributed by atoms with Gasteiger partial charge in [0.2, 0.25) is 10.0 Å². The summed E-state index contributed by atoms with van der Waals surface area (Å²) in [6.45, 7) is 4.79. The van der Waals surface area contributed by atoms with Crippen LogP contribution in [0.1, 0.15) is 30.6 Å². The highest BCUT2D eigenvalue weighted by Gasteiger charge is 2.32. The van der Waals surface area contributed by atoms with Crippen LogP contribution in [0.15, 0.2) is 41.3 Å². The van der Waals surface area contributed by atoms with E-state index in [0.29, 0.717) is 23.9 Å². The molecule has 1 heterocycles. The van der Waals surface area contributed by atoms with E-state index >= 15 is 0 Å². The molecule has 0 bridgehead atoms. The van der Waals surface area contributed by atoms with Crippen molar-refractivity contribution in [2.75, 3.05) is 25.5 Å². The van der Waals surface area contributed by atoms with E-state index in [1.165, 1.54) is 23.5 Å². The van der Waals surface area contributed by atoms with Crippen LogP contribution < -0.4 is 10.1 Å². The number of amides is 1. The molecule has 0 saturated carbocycles. The maximum atomic E-state index is 14.4. The number of sulfonamides is 1. The number of methoxy groups -OCH3 is 1. The highest BCUT2D eigenvalue weighted by Crippen LogP contribution is 2.30. The zero-order valence-corrected chi connectivity index (χ0v) is 18.6. The molecule has 1 aliphatic rings. The van der Waals surface area contributed by atoms with E-state index in [1.54, 1.807) is 12.1 Å². The lowest BCUT2D eigenvalue weighted by molar-refractivity contribution is 0.102. The number of halogens is 2. The molecule has 162 valence electrons. The minimum atomic E-state index is -3.85. The lowest BCUT2D eigenvalue weighted by Crippen LogP contribution is -2.42. The highest BCUT2D eigenvalue weighted by atomic mass is 35.5. The number of carbonyl (C=O) groups excluding carboxylic acids is 1. The summed E-state index contributed by atoms with van der Waals surface area (Å²) in [5.41, 5.74) is -0.127.